The molecule has 1 aliphatic carbocycles. The van der Waals surface area contributed by atoms with Crippen molar-refractivity contribution in [2.75, 3.05) is 6.61 Å². The van der Waals surface area contributed by atoms with Gasteiger partial charge in [0, 0.05) is 22.6 Å². The molecule has 132 valence electrons. The Morgan fingerprint density at radius 1 is 1.12 bits per heavy atom. The van der Waals surface area contributed by atoms with Crippen LogP contribution in [0.15, 0.2) is 18.2 Å². The summed E-state index contributed by atoms with van der Waals surface area (Å²) < 4.78 is 5.98. The number of fused-ring (bicyclic) bond motifs is 3. The number of nitrogens with two attached hydrogens (primary N) is 1. The van der Waals surface area contributed by atoms with Crippen molar-refractivity contribution in [2.24, 2.45) is 5.73 Å². The van der Waals surface area contributed by atoms with Crippen molar-refractivity contribution < 1.29 is 4.74 Å². The van der Waals surface area contributed by atoms with Crippen LogP contribution in [0.25, 0.3) is 10.9 Å². The first-order chi connectivity index (χ1) is 11.8. The van der Waals surface area contributed by atoms with Crippen LogP contribution < -0.4 is 10.5 Å². The number of hydrogen-bond donors (Lipinski definition) is 2. The van der Waals surface area contributed by atoms with E-state index >= 15 is 0 Å². The molecule has 2 aromatic rings. The summed E-state index contributed by atoms with van der Waals surface area (Å²) in [6, 6.07) is 6.74. The summed E-state index contributed by atoms with van der Waals surface area (Å²) in [5, 5.41) is 1.30. The number of hydrogen-bond acceptors (Lipinski definition) is 2. The average Bonchev–Trinajstić information content (AvgIpc) is 2.94. The number of nitrogens with one attached hydrogen (secondary N) is 1. The molecule has 3 N–H and O–H groups in total. The number of rotatable bonds is 9. The van der Waals surface area contributed by atoms with Gasteiger partial charge in [-0.15, -0.1) is 0 Å². The van der Waals surface area contributed by atoms with Crippen LogP contribution in [0.4, 0.5) is 0 Å². The molecule has 24 heavy (non-hydrogen) atoms. The molecular weight excluding hydrogens is 296 g/mol. The summed E-state index contributed by atoms with van der Waals surface area (Å²) in [7, 11) is 0. The lowest BCUT2D eigenvalue weighted by Crippen LogP contribution is -2.27. The fourth-order valence-electron chi connectivity index (χ4n) is 3.76. The highest BCUT2D eigenvalue weighted by Crippen LogP contribution is 2.31. The van der Waals surface area contributed by atoms with E-state index in [-0.39, 0.29) is 0 Å². The number of H-pyrrole nitrogens is 1. The van der Waals surface area contributed by atoms with Crippen LogP contribution in [0, 0.1) is 0 Å². The minimum atomic E-state index is 0.300. The van der Waals surface area contributed by atoms with Gasteiger partial charge >= 0.3 is 0 Å². The smallest absolute Gasteiger partial charge is 0.120 e. The Kier molecular flexibility index (Phi) is 6.19. The maximum absolute atomic E-state index is 6.15. The largest absolute Gasteiger partial charge is 0.494 e. The number of aromatic nitrogens is 1. The summed E-state index contributed by atoms with van der Waals surface area (Å²) in [5.41, 5.74) is 10.1. The van der Waals surface area contributed by atoms with E-state index in [9.17, 15) is 0 Å². The molecule has 3 rings (SSSR count). The minimum absolute atomic E-state index is 0.300. The van der Waals surface area contributed by atoms with Gasteiger partial charge in [-0.25, -0.2) is 0 Å². The predicted molar refractivity (Wildman–Crippen MR) is 102 cm³/mol. The number of aromatic amines is 1. The van der Waals surface area contributed by atoms with Crippen LogP contribution in [0.3, 0.4) is 0 Å². The second-order valence-electron chi connectivity index (χ2n) is 7.26. The lowest BCUT2D eigenvalue weighted by atomic mass is 9.92. The van der Waals surface area contributed by atoms with Crippen molar-refractivity contribution in [1.82, 2.24) is 4.98 Å². The maximum Gasteiger partial charge on any atom is 0.120 e. The summed E-state index contributed by atoms with van der Waals surface area (Å²) in [5.74, 6) is 0.995. The third-order valence-corrected chi connectivity index (χ3v) is 5.21. The number of aryl methyl sites for hydroxylation is 1. The first-order valence-corrected chi connectivity index (χ1v) is 9.79. The van der Waals surface area contributed by atoms with Crippen LogP contribution in [0.1, 0.15) is 69.5 Å². The summed E-state index contributed by atoms with van der Waals surface area (Å²) in [6.07, 6.45) is 12.4. The molecule has 1 heterocycles. The highest BCUT2D eigenvalue weighted by Gasteiger charge is 2.20. The minimum Gasteiger partial charge on any atom is -0.494 e. The fourth-order valence-corrected chi connectivity index (χ4v) is 3.76. The highest BCUT2D eigenvalue weighted by molar-refractivity contribution is 5.86. The zero-order valence-corrected chi connectivity index (χ0v) is 15.1. The molecule has 1 aromatic heterocycles. The molecule has 0 aliphatic heterocycles. The van der Waals surface area contributed by atoms with Crippen LogP contribution in [0.5, 0.6) is 5.75 Å². The number of benzene rings is 1. The SMILES string of the molecule is CCCCCCCCCOc1ccc2[nH]c3c(c2c1)C[C@H](N)CC3. The molecule has 1 atom stereocenters. The zero-order chi connectivity index (χ0) is 16.8. The van der Waals surface area contributed by atoms with Crippen molar-refractivity contribution >= 4 is 10.9 Å². The lowest BCUT2D eigenvalue weighted by Gasteiger charge is -2.18. The van der Waals surface area contributed by atoms with Gasteiger partial charge in [-0.1, -0.05) is 45.4 Å². The van der Waals surface area contributed by atoms with E-state index in [1.165, 1.54) is 60.7 Å². The molecule has 1 aliphatic rings. The standard InChI is InChI=1S/C21H32N2O/c1-2-3-4-5-6-7-8-13-24-17-10-12-21-19(15-17)18-14-16(22)9-11-20(18)23-21/h10,12,15-16,23H,2-9,11,13-14,22H2,1H3/t16-/m1/s1. The Hall–Kier alpha value is -1.48. The molecule has 0 saturated carbocycles. The van der Waals surface area contributed by atoms with Crippen LogP contribution in [-0.4, -0.2) is 17.6 Å². The Morgan fingerprint density at radius 3 is 2.75 bits per heavy atom. The van der Waals surface area contributed by atoms with Gasteiger partial charge in [0.2, 0.25) is 0 Å². The normalized spacial score (nSPS) is 17.2. The molecule has 0 radical (unpaired) electrons. The Bertz CT molecular complexity index is 647. The predicted octanol–water partition coefficient (Wildman–Crippen LogP) is 5.11. The van der Waals surface area contributed by atoms with Crippen LogP contribution in [-0.2, 0) is 12.8 Å². The van der Waals surface area contributed by atoms with E-state index in [4.69, 9.17) is 10.5 Å². The maximum atomic E-state index is 6.15. The Balaban J connectivity index is 1.50. The zero-order valence-electron chi connectivity index (χ0n) is 15.1. The molecule has 0 saturated heterocycles. The first kappa shape index (κ1) is 17.3. The van der Waals surface area contributed by atoms with E-state index in [1.807, 2.05) is 0 Å². The molecule has 1 aromatic carbocycles. The van der Waals surface area contributed by atoms with E-state index in [2.05, 4.69) is 30.1 Å². The van der Waals surface area contributed by atoms with E-state index < -0.39 is 0 Å². The van der Waals surface area contributed by atoms with Gasteiger partial charge in [0.05, 0.1) is 6.61 Å². The van der Waals surface area contributed by atoms with Crippen molar-refractivity contribution in [1.29, 1.82) is 0 Å². The monoisotopic (exact) mass is 328 g/mol. The average molecular weight is 329 g/mol. The molecule has 0 fully saturated rings. The van der Waals surface area contributed by atoms with E-state index in [1.54, 1.807) is 0 Å². The van der Waals surface area contributed by atoms with E-state index in [0.29, 0.717) is 6.04 Å². The molecule has 0 bridgehead atoms. The van der Waals surface area contributed by atoms with Gasteiger partial charge < -0.3 is 15.5 Å². The Labute approximate surface area is 146 Å². The highest BCUT2D eigenvalue weighted by atomic mass is 16.5. The first-order valence-electron chi connectivity index (χ1n) is 9.79. The number of unbranched alkanes of at least 4 members (excludes halogenated alkanes) is 6. The lowest BCUT2D eigenvalue weighted by molar-refractivity contribution is 0.304. The van der Waals surface area contributed by atoms with Gasteiger partial charge in [0.15, 0.2) is 0 Å². The van der Waals surface area contributed by atoms with Gasteiger partial charge in [0.25, 0.3) is 0 Å². The summed E-state index contributed by atoms with van der Waals surface area (Å²) in [6.45, 7) is 3.09. The topological polar surface area (TPSA) is 51.0 Å². The number of ether oxygens (including phenoxy) is 1. The van der Waals surface area contributed by atoms with Gasteiger partial charge in [-0.05, 0) is 49.4 Å². The second kappa shape index (κ2) is 8.57. The fraction of sp³-hybridized carbons (Fsp3) is 0.619. The van der Waals surface area contributed by atoms with Crippen molar-refractivity contribution in [3.8, 4) is 5.75 Å². The van der Waals surface area contributed by atoms with Gasteiger partial charge in [-0.2, -0.15) is 0 Å². The molecular formula is C21H32N2O. The quantitative estimate of drug-likeness (QED) is 0.628. The summed E-state index contributed by atoms with van der Waals surface area (Å²) in [4.78, 5) is 3.55. The van der Waals surface area contributed by atoms with Crippen molar-refractivity contribution in [3.63, 3.8) is 0 Å². The van der Waals surface area contributed by atoms with Crippen LogP contribution >= 0.6 is 0 Å². The molecule has 0 amide bonds. The molecule has 0 unspecified atom stereocenters. The second-order valence-corrected chi connectivity index (χ2v) is 7.26. The third kappa shape index (κ3) is 4.32. The van der Waals surface area contributed by atoms with Crippen molar-refractivity contribution in [2.45, 2.75) is 77.2 Å². The molecule has 3 nitrogen and oxygen atoms in total. The Morgan fingerprint density at radius 2 is 1.92 bits per heavy atom. The van der Waals surface area contributed by atoms with Gasteiger partial charge in [0.1, 0.15) is 5.75 Å². The molecule has 0 spiro atoms. The summed E-state index contributed by atoms with van der Waals surface area (Å²) >= 11 is 0. The van der Waals surface area contributed by atoms with Crippen LogP contribution in [0.2, 0.25) is 0 Å². The van der Waals surface area contributed by atoms with E-state index in [0.717, 1.165) is 38.0 Å². The molecule has 3 heteroatoms. The van der Waals surface area contributed by atoms with Crippen molar-refractivity contribution in [3.05, 3.63) is 29.5 Å². The third-order valence-electron chi connectivity index (χ3n) is 5.21. The van der Waals surface area contributed by atoms with Gasteiger partial charge in [-0.3, -0.25) is 0 Å².